The molecule has 0 bridgehead atoms. The normalized spacial score (nSPS) is 31.1. The van der Waals surface area contributed by atoms with Crippen LogP contribution in [0.15, 0.2) is 17.5 Å². The fourth-order valence-corrected chi connectivity index (χ4v) is 2.76. The molecule has 14 heavy (non-hydrogen) atoms. The summed E-state index contributed by atoms with van der Waals surface area (Å²) in [6, 6.07) is 3.91. The van der Waals surface area contributed by atoms with Gasteiger partial charge in [-0.2, -0.15) is 0 Å². The highest BCUT2D eigenvalue weighted by Gasteiger charge is 2.46. The number of hydrogen-bond acceptors (Lipinski definition) is 3. The van der Waals surface area contributed by atoms with E-state index < -0.39 is 11.6 Å². The Morgan fingerprint density at radius 2 is 2.36 bits per heavy atom. The van der Waals surface area contributed by atoms with Crippen LogP contribution >= 0.6 is 11.3 Å². The third kappa shape index (κ3) is 1.81. The fraction of sp³-hybridized carbons (Fsp3) is 0.500. The molecule has 1 saturated carbocycles. The largest absolute Gasteiger partial charge is 0.481 e. The van der Waals surface area contributed by atoms with Gasteiger partial charge in [0.15, 0.2) is 0 Å². The Morgan fingerprint density at radius 3 is 2.86 bits per heavy atom. The molecule has 4 heteroatoms. The Kier molecular flexibility index (Phi) is 2.33. The molecule has 0 aromatic carbocycles. The van der Waals surface area contributed by atoms with Crippen molar-refractivity contribution < 1.29 is 15.0 Å². The summed E-state index contributed by atoms with van der Waals surface area (Å²) >= 11 is 1.60. The van der Waals surface area contributed by atoms with Crippen molar-refractivity contribution in [1.29, 1.82) is 0 Å². The van der Waals surface area contributed by atoms with E-state index in [-0.39, 0.29) is 5.92 Å². The molecule has 1 aliphatic rings. The molecule has 1 aliphatic carbocycles. The second-order valence-corrected chi connectivity index (χ2v) is 4.96. The van der Waals surface area contributed by atoms with Crippen molar-refractivity contribution in [2.24, 2.45) is 5.92 Å². The van der Waals surface area contributed by atoms with E-state index in [0.717, 1.165) is 4.88 Å². The number of aliphatic carboxylic acids is 1. The smallest absolute Gasteiger partial charge is 0.306 e. The molecule has 3 nitrogen and oxygen atoms in total. The van der Waals surface area contributed by atoms with Crippen molar-refractivity contribution in [2.45, 2.75) is 24.9 Å². The van der Waals surface area contributed by atoms with Crippen LogP contribution in [0.1, 0.15) is 17.7 Å². The monoisotopic (exact) mass is 212 g/mol. The lowest BCUT2D eigenvalue weighted by Crippen LogP contribution is -2.48. The fourth-order valence-electron chi connectivity index (χ4n) is 1.91. The minimum Gasteiger partial charge on any atom is -0.481 e. The van der Waals surface area contributed by atoms with Gasteiger partial charge in [0.25, 0.3) is 0 Å². The molecule has 2 rings (SSSR count). The maximum atomic E-state index is 10.6. The average Bonchev–Trinajstić information content (AvgIpc) is 2.51. The van der Waals surface area contributed by atoms with E-state index in [2.05, 4.69) is 0 Å². The minimum atomic E-state index is -0.791. The second-order valence-electron chi connectivity index (χ2n) is 3.92. The lowest BCUT2D eigenvalue weighted by Gasteiger charge is -2.41. The van der Waals surface area contributed by atoms with Crippen molar-refractivity contribution in [3.05, 3.63) is 22.4 Å². The summed E-state index contributed by atoms with van der Waals surface area (Å²) in [7, 11) is 0. The number of carbonyl (C=O) groups is 1. The molecule has 1 fully saturated rings. The lowest BCUT2D eigenvalue weighted by molar-refractivity contribution is -0.157. The molecule has 0 aliphatic heterocycles. The van der Waals surface area contributed by atoms with E-state index in [4.69, 9.17) is 5.11 Å². The van der Waals surface area contributed by atoms with Gasteiger partial charge in [-0.3, -0.25) is 4.79 Å². The standard InChI is InChI=1S/C10H12O3S/c11-9(12)7-4-10(13,5-7)6-8-2-1-3-14-8/h1-3,7,13H,4-6H2,(H,11,12). The predicted molar refractivity (Wildman–Crippen MR) is 53.3 cm³/mol. The van der Waals surface area contributed by atoms with Crippen LogP contribution < -0.4 is 0 Å². The summed E-state index contributed by atoms with van der Waals surface area (Å²) in [4.78, 5) is 11.7. The Morgan fingerprint density at radius 1 is 1.64 bits per heavy atom. The van der Waals surface area contributed by atoms with Crippen molar-refractivity contribution in [3.63, 3.8) is 0 Å². The van der Waals surface area contributed by atoms with E-state index in [9.17, 15) is 9.90 Å². The van der Waals surface area contributed by atoms with Gasteiger partial charge in [-0.05, 0) is 24.3 Å². The van der Waals surface area contributed by atoms with Crippen molar-refractivity contribution in [2.75, 3.05) is 0 Å². The molecular formula is C10H12O3S. The topological polar surface area (TPSA) is 57.5 Å². The van der Waals surface area contributed by atoms with Gasteiger partial charge in [-0.1, -0.05) is 6.07 Å². The first-order valence-electron chi connectivity index (χ1n) is 4.57. The van der Waals surface area contributed by atoms with Crippen molar-refractivity contribution in [3.8, 4) is 0 Å². The van der Waals surface area contributed by atoms with E-state index in [1.165, 1.54) is 0 Å². The summed E-state index contributed by atoms with van der Waals surface area (Å²) in [5, 5.41) is 20.6. The first kappa shape index (κ1) is 9.68. The zero-order valence-electron chi connectivity index (χ0n) is 7.64. The molecule has 0 spiro atoms. The predicted octanol–water partition coefficient (Wildman–Crippen LogP) is 1.52. The maximum absolute atomic E-state index is 10.6. The van der Waals surface area contributed by atoms with Crippen LogP contribution in [0, 0.1) is 5.92 Å². The van der Waals surface area contributed by atoms with Gasteiger partial charge in [0, 0.05) is 11.3 Å². The number of hydrogen-bond donors (Lipinski definition) is 2. The Bertz CT molecular complexity index is 325. The van der Waals surface area contributed by atoms with Gasteiger partial charge in [0.2, 0.25) is 0 Å². The first-order valence-corrected chi connectivity index (χ1v) is 5.45. The van der Waals surface area contributed by atoms with E-state index in [1.807, 2.05) is 17.5 Å². The molecule has 0 amide bonds. The highest BCUT2D eigenvalue weighted by molar-refractivity contribution is 7.09. The number of carboxylic acid groups (broad SMARTS) is 1. The van der Waals surface area contributed by atoms with Crippen LogP contribution in [0.2, 0.25) is 0 Å². The molecule has 0 saturated heterocycles. The van der Waals surface area contributed by atoms with Crippen LogP contribution in [-0.2, 0) is 11.2 Å². The third-order valence-electron chi connectivity index (χ3n) is 2.69. The van der Waals surface area contributed by atoms with Crippen LogP contribution in [0.4, 0.5) is 0 Å². The Hall–Kier alpha value is -0.870. The summed E-state index contributed by atoms with van der Waals surface area (Å²) in [6.45, 7) is 0. The lowest BCUT2D eigenvalue weighted by atomic mass is 9.69. The quantitative estimate of drug-likeness (QED) is 0.798. The van der Waals surface area contributed by atoms with E-state index >= 15 is 0 Å². The molecule has 0 unspecified atom stereocenters. The van der Waals surface area contributed by atoms with Gasteiger partial charge in [-0.25, -0.2) is 0 Å². The van der Waals surface area contributed by atoms with E-state index in [0.29, 0.717) is 19.3 Å². The summed E-state index contributed by atoms with van der Waals surface area (Å²) in [5.74, 6) is -1.14. The molecule has 0 radical (unpaired) electrons. The number of thiophene rings is 1. The van der Waals surface area contributed by atoms with Gasteiger partial charge in [-0.15, -0.1) is 11.3 Å². The SMILES string of the molecule is O=C(O)C1CC(O)(Cc2cccs2)C1. The van der Waals surface area contributed by atoms with Crippen LogP contribution in [0.5, 0.6) is 0 Å². The van der Waals surface area contributed by atoms with Gasteiger partial charge in [0.05, 0.1) is 11.5 Å². The van der Waals surface area contributed by atoms with Crippen molar-refractivity contribution >= 4 is 17.3 Å². The second kappa shape index (κ2) is 3.37. The molecule has 0 atom stereocenters. The summed E-state index contributed by atoms with van der Waals surface area (Å²) < 4.78 is 0. The van der Waals surface area contributed by atoms with Crippen LogP contribution in [0.3, 0.4) is 0 Å². The molecule has 1 aromatic heterocycles. The zero-order chi connectivity index (χ0) is 10.2. The van der Waals surface area contributed by atoms with Crippen LogP contribution in [-0.4, -0.2) is 21.8 Å². The molecule has 1 heterocycles. The third-order valence-corrected chi connectivity index (χ3v) is 3.56. The van der Waals surface area contributed by atoms with Gasteiger partial charge < -0.3 is 10.2 Å². The van der Waals surface area contributed by atoms with Crippen molar-refractivity contribution in [1.82, 2.24) is 0 Å². The maximum Gasteiger partial charge on any atom is 0.306 e. The average molecular weight is 212 g/mol. The minimum absolute atomic E-state index is 0.347. The summed E-state index contributed by atoms with van der Waals surface area (Å²) in [6.07, 6.45) is 1.37. The molecule has 2 N–H and O–H groups in total. The van der Waals surface area contributed by atoms with E-state index in [1.54, 1.807) is 11.3 Å². The molecular weight excluding hydrogens is 200 g/mol. The highest BCUT2D eigenvalue weighted by Crippen LogP contribution is 2.40. The number of aliphatic hydroxyl groups is 1. The zero-order valence-corrected chi connectivity index (χ0v) is 8.46. The Balaban J connectivity index is 1.92. The number of carboxylic acids is 1. The summed E-state index contributed by atoms with van der Waals surface area (Å²) in [5.41, 5.74) is -0.770. The number of rotatable bonds is 3. The first-order chi connectivity index (χ1) is 6.59. The van der Waals surface area contributed by atoms with Gasteiger partial charge >= 0.3 is 5.97 Å². The Labute approximate surface area is 86.0 Å². The highest BCUT2D eigenvalue weighted by atomic mass is 32.1. The molecule has 1 aromatic rings. The molecule has 76 valence electrons. The van der Waals surface area contributed by atoms with Gasteiger partial charge in [0.1, 0.15) is 0 Å². The van der Waals surface area contributed by atoms with Crippen LogP contribution in [0.25, 0.3) is 0 Å².